The first-order chi connectivity index (χ1) is 7.74. The summed E-state index contributed by atoms with van der Waals surface area (Å²) < 4.78 is 3.04. The van der Waals surface area contributed by atoms with Crippen molar-refractivity contribution >= 4 is 35.2 Å². The van der Waals surface area contributed by atoms with Crippen LogP contribution in [0.3, 0.4) is 0 Å². The maximum atomic E-state index is 2.32. The van der Waals surface area contributed by atoms with Gasteiger partial charge in [0.2, 0.25) is 0 Å². The first-order valence-corrected chi connectivity index (χ1v) is 11.3. The molecular formula is C14H14Se2. The van der Waals surface area contributed by atoms with Gasteiger partial charge < -0.3 is 0 Å². The molecule has 0 heterocycles. The second-order valence-corrected chi connectivity index (χ2v) is 10.1. The van der Waals surface area contributed by atoms with Gasteiger partial charge in [0.05, 0.1) is 0 Å². The van der Waals surface area contributed by atoms with E-state index >= 15 is 0 Å². The minimum atomic E-state index is 0.618. The van der Waals surface area contributed by atoms with Gasteiger partial charge in [-0.1, -0.05) is 0 Å². The van der Waals surface area contributed by atoms with Crippen molar-refractivity contribution in [2.45, 2.75) is 13.8 Å². The van der Waals surface area contributed by atoms with Crippen molar-refractivity contribution in [3.8, 4) is 0 Å². The van der Waals surface area contributed by atoms with Crippen LogP contribution in [0.2, 0.25) is 0 Å². The van der Waals surface area contributed by atoms with Gasteiger partial charge in [0.15, 0.2) is 0 Å². The molecule has 0 radical (unpaired) electrons. The summed E-state index contributed by atoms with van der Waals surface area (Å²) in [6, 6.07) is 17.8. The molecule has 0 atom stereocenters. The minimum absolute atomic E-state index is 0.618. The van der Waals surface area contributed by atoms with Gasteiger partial charge >= 0.3 is 109 Å². The van der Waals surface area contributed by atoms with Crippen LogP contribution in [0.5, 0.6) is 0 Å². The van der Waals surface area contributed by atoms with E-state index in [1.165, 1.54) is 20.1 Å². The van der Waals surface area contributed by atoms with Crippen LogP contribution < -0.4 is 8.92 Å². The maximum absolute atomic E-state index is 2.32. The van der Waals surface area contributed by atoms with Gasteiger partial charge in [0, 0.05) is 0 Å². The average Bonchev–Trinajstić information content (AvgIpc) is 2.27. The fourth-order valence-electron chi connectivity index (χ4n) is 1.43. The molecule has 0 aliphatic carbocycles. The summed E-state index contributed by atoms with van der Waals surface area (Å²) in [5, 5.41) is 0. The Morgan fingerprint density at radius 2 is 1.12 bits per heavy atom. The second kappa shape index (κ2) is 5.70. The van der Waals surface area contributed by atoms with Crippen molar-refractivity contribution in [3.63, 3.8) is 0 Å². The molecule has 0 nitrogen and oxygen atoms in total. The van der Waals surface area contributed by atoms with E-state index < -0.39 is 0 Å². The molecule has 0 bridgehead atoms. The van der Waals surface area contributed by atoms with E-state index in [-0.39, 0.29) is 0 Å². The van der Waals surface area contributed by atoms with Crippen LogP contribution in [0, 0.1) is 13.8 Å². The number of rotatable bonds is 3. The second-order valence-electron chi connectivity index (χ2n) is 3.80. The molecule has 0 aromatic heterocycles. The van der Waals surface area contributed by atoms with Crippen LogP contribution in [0.25, 0.3) is 0 Å². The SMILES string of the molecule is Cc1cccc([Se][Se]c2cccc(C)c2)c1. The summed E-state index contributed by atoms with van der Waals surface area (Å²) in [5.41, 5.74) is 2.75. The van der Waals surface area contributed by atoms with Gasteiger partial charge in [0.1, 0.15) is 0 Å². The predicted octanol–water partition coefficient (Wildman–Crippen LogP) is 1.58. The molecule has 2 heteroatoms. The average molecular weight is 340 g/mol. The summed E-state index contributed by atoms with van der Waals surface area (Å²) >= 11 is 1.24. The Balaban J connectivity index is 2.02. The third-order valence-electron chi connectivity index (χ3n) is 2.21. The van der Waals surface area contributed by atoms with Gasteiger partial charge in [-0.25, -0.2) is 0 Å². The summed E-state index contributed by atoms with van der Waals surface area (Å²) in [6.45, 7) is 4.33. The number of benzene rings is 2. The topological polar surface area (TPSA) is 0 Å². The molecule has 0 spiro atoms. The third kappa shape index (κ3) is 3.50. The van der Waals surface area contributed by atoms with Crippen molar-refractivity contribution in [2.24, 2.45) is 0 Å². The zero-order chi connectivity index (χ0) is 11.4. The third-order valence-corrected chi connectivity index (χ3v) is 9.37. The summed E-state index contributed by atoms with van der Waals surface area (Å²) in [6.07, 6.45) is 0. The fraction of sp³-hybridized carbons (Fsp3) is 0.143. The van der Waals surface area contributed by atoms with E-state index in [2.05, 4.69) is 62.4 Å². The van der Waals surface area contributed by atoms with Crippen molar-refractivity contribution in [1.29, 1.82) is 0 Å². The number of aryl methyl sites for hydroxylation is 2. The molecule has 0 amide bonds. The van der Waals surface area contributed by atoms with Crippen molar-refractivity contribution in [2.75, 3.05) is 0 Å². The van der Waals surface area contributed by atoms with E-state index in [0.29, 0.717) is 26.3 Å². The molecule has 0 saturated heterocycles. The molecule has 0 aliphatic rings. The molecule has 16 heavy (non-hydrogen) atoms. The Morgan fingerprint density at radius 1 is 0.688 bits per heavy atom. The Kier molecular flexibility index (Phi) is 4.26. The van der Waals surface area contributed by atoms with Crippen molar-refractivity contribution < 1.29 is 0 Å². The molecule has 82 valence electrons. The monoisotopic (exact) mass is 342 g/mol. The fourth-order valence-corrected chi connectivity index (χ4v) is 7.74. The number of hydrogen-bond donors (Lipinski definition) is 0. The summed E-state index contributed by atoms with van der Waals surface area (Å²) in [4.78, 5) is 0. The molecule has 2 aromatic rings. The van der Waals surface area contributed by atoms with Crippen LogP contribution >= 0.6 is 0 Å². The van der Waals surface area contributed by atoms with Crippen LogP contribution in [0.4, 0.5) is 0 Å². The summed E-state index contributed by atoms with van der Waals surface area (Å²) in [7, 11) is 0. The van der Waals surface area contributed by atoms with Gasteiger partial charge in [-0.2, -0.15) is 0 Å². The zero-order valence-electron chi connectivity index (χ0n) is 9.44. The van der Waals surface area contributed by atoms with Crippen LogP contribution in [-0.4, -0.2) is 26.3 Å². The van der Waals surface area contributed by atoms with E-state index in [1.54, 1.807) is 0 Å². The van der Waals surface area contributed by atoms with Gasteiger partial charge in [0.25, 0.3) is 0 Å². The Labute approximate surface area is 108 Å². The van der Waals surface area contributed by atoms with E-state index in [9.17, 15) is 0 Å². The van der Waals surface area contributed by atoms with E-state index in [1.807, 2.05) is 0 Å². The molecule has 0 saturated carbocycles. The zero-order valence-corrected chi connectivity index (χ0v) is 12.9. The quantitative estimate of drug-likeness (QED) is 0.745. The van der Waals surface area contributed by atoms with E-state index in [4.69, 9.17) is 0 Å². The van der Waals surface area contributed by atoms with Gasteiger partial charge in [-0.15, -0.1) is 0 Å². The Hall–Kier alpha value is -0.521. The van der Waals surface area contributed by atoms with Gasteiger partial charge in [-0.05, 0) is 0 Å². The Bertz CT molecular complexity index is 432. The first kappa shape index (κ1) is 11.9. The molecule has 0 fully saturated rings. The standard InChI is InChI=1S/C14H14Se2/c1-11-5-3-7-13(9-11)15-16-14-8-4-6-12(2)10-14/h3-10H,1-2H3. The van der Waals surface area contributed by atoms with Crippen LogP contribution in [0.1, 0.15) is 11.1 Å². The van der Waals surface area contributed by atoms with E-state index in [0.717, 1.165) is 0 Å². The molecular weight excluding hydrogens is 326 g/mol. The van der Waals surface area contributed by atoms with Crippen molar-refractivity contribution in [3.05, 3.63) is 59.7 Å². The number of hydrogen-bond acceptors (Lipinski definition) is 0. The first-order valence-electron chi connectivity index (χ1n) is 5.22. The summed E-state index contributed by atoms with van der Waals surface area (Å²) in [5.74, 6) is 0. The molecule has 0 N–H and O–H groups in total. The Morgan fingerprint density at radius 3 is 1.50 bits per heavy atom. The molecule has 2 rings (SSSR count). The molecule has 0 unspecified atom stereocenters. The van der Waals surface area contributed by atoms with Crippen molar-refractivity contribution in [1.82, 2.24) is 0 Å². The van der Waals surface area contributed by atoms with Crippen LogP contribution in [-0.2, 0) is 0 Å². The normalized spacial score (nSPS) is 10.4. The van der Waals surface area contributed by atoms with Crippen LogP contribution in [0.15, 0.2) is 48.5 Å². The molecule has 2 aromatic carbocycles. The molecule has 0 aliphatic heterocycles. The van der Waals surface area contributed by atoms with Gasteiger partial charge in [-0.3, -0.25) is 0 Å². The predicted molar refractivity (Wildman–Crippen MR) is 73.1 cm³/mol.